The van der Waals surface area contributed by atoms with Crippen molar-refractivity contribution in [2.45, 2.75) is 113 Å². The Balaban J connectivity index is 1.23. The first-order valence-electron chi connectivity index (χ1n) is 18.7. The highest BCUT2D eigenvalue weighted by atomic mass is 32.2. The van der Waals surface area contributed by atoms with Crippen LogP contribution in [0.5, 0.6) is 11.6 Å². The number of aromatic nitrogens is 2. The molecule has 0 radical (unpaired) electrons. The van der Waals surface area contributed by atoms with Crippen LogP contribution in [0.3, 0.4) is 0 Å². The zero-order chi connectivity index (χ0) is 37.7. The van der Waals surface area contributed by atoms with Gasteiger partial charge in [0, 0.05) is 24.3 Å². The van der Waals surface area contributed by atoms with Crippen LogP contribution in [-0.2, 0) is 24.4 Å². The largest absolute Gasteiger partial charge is 0.497 e. The van der Waals surface area contributed by atoms with Gasteiger partial charge in [0.25, 0.3) is 5.91 Å². The number of methoxy groups -OCH3 is 1. The molecule has 53 heavy (non-hydrogen) atoms. The van der Waals surface area contributed by atoms with Crippen LogP contribution >= 0.6 is 0 Å². The van der Waals surface area contributed by atoms with Crippen LogP contribution in [0, 0.1) is 17.8 Å². The second kappa shape index (κ2) is 14.4. The highest BCUT2D eigenvalue weighted by Gasteiger charge is 2.62. The third kappa shape index (κ3) is 7.78. The molecule has 5 aliphatic rings. The number of benzene rings is 1. The summed E-state index contributed by atoms with van der Waals surface area (Å²) in [5.74, 6) is -1.65. The Hall–Kier alpha value is -4.47. The quantitative estimate of drug-likeness (QED) is 0.273. The lowest BCUT2D eigenvalue weighted by molar-refractivity contribution is -0.142. The van der Waals surface area contributed by atoms with Gasteiger partial charge in [-0.1, -0.05) is 32.4 Å². The Kier molecular flexibility index (Phi) is 10.0. The SMILES string of the molecule is CC[C@@H]1C[C@H](C)CCC=C[C@@H]2C[C@@]2(C(=O)NS(=O)(=O)C2CC2)NC(=O)[C@@H]2C[C@@H](Oc3nc4cc(OC)ccc4nc3C3CC3)CN2C(=O)[C@H]1NC(=O)O. The minimum absolute atomic E-state index is 0.0189. The van der Waals surface area contributed by atoms with E-state index < -0.39 is 68.7 Å². The first-order chi connectivity index (χ1) is 25.3. The number of carbonyl (C=O) groups excluding carboxylic acids is 3. The number of carboxylic acid groups (broad SMARTS) is 1. The zero-order valence-corrected chi connectivity index (χ0v) is 31.1. The summed E-state index contributed by atoms with van der Waals surface area (Å²) in [6.07, 6.45) is 7.19. The molecule has 15 nitrogen and oxygen atoms in total. The lowest BCUT2D eigenvalue weighted by atomic mass is 9.85. The Morgan fingerprint density at radius 1 is 1.09 bits per heavy atom. The van der Waals surface area contributed by atoms with Crippen molar-refractivity contribution in [1.29, 1.82) is 0 Å². The standard InChI is InChI=1S/C37H48N6O9S/c1-4-21-15-20(2)7-5-6-8-23-18-37(23,35(46)42-53(49,50)26-12-13-26)41-32(44)29-17-25(19-43(29)34(45)31(21)40-36(47)48)52-33-30(22-9-10-22)38-27-14-11-24(51-3)16-28(27)39-33/h6,8,11,14,16,20-23,25-26,29,31,40H,4-5,7,9-10,12-13,15,17-19H2,1-3H3,(H,41,44)(H,42,46)(H,47,48)/t20-,21-,23-,25-,29+,31+,37-/m1/s1. The predicted octanol–water partition coefficient (Wildman–Crippen LogP) is 3.39. The van der Waals surface area contributed by atoms with Crippen LogP contribution in [-0.4, -0.2) is 94.8 Å². The van der Waals surface area contributed by atoms with Gasteiger partial charge in [-0.25, -0.2) is 23.2 Å². The minimum Gasteiger partial charge on any atom is -0.497 e. The van der Waals surface area contributed by atoms with E-state index in [4.69, 9.17) is 19.4 Å². The normalized spacial score (nSPS) is 30.7. The van der Waals surface area contributed by atoms with Crippen LogP contribution in [0.15, 0.2) is 30.4 Å². The minimum atomic E-state index is -3.91. The van der Waals surface area contributed by atoms with Crippen LogP contribution in [0.2, 0.25) is 0 Å². The summed E-state index contributed by atoms with van der Waals surface area (Å²) >= 11 is 0. The summed E-state index contributed by atoms with van der Waals surface area (Å²) in [5.41, 5.74) is 0.393. The lowest BCUT2D eigenvalue weighted by Crippen LogP contribution is -2.59. The van der Waals surface area contributed by atoms with Crippen molar-refractivity contribution in [1.82, 2.24) is 30.2 Å². The fourth-order valence-electron chi connectivity index (χ4n) is 7.87. The summed E-state index contributed by atoms with van der Waals surface area (Å²) in [5, 5.41) is 14.6. The summed E-state index contributed by atoms with van der Waals surface area (Å²) in [6, 6.07) is 3.10. The van der Waals surface area contributed by atoms with E-state index in [0.29, 0.717) is 60.5 Å². The van der Waals surface area contributed by atoms with Crippen LogP contribution in [0.1, 0.15) is 89.7 Å². The van der Waals surface area contributed by atoms with Gasteiger partial charge in [0.15, 0.2) is 0 Å². The van der Waals surface area contributed by atoms with Gasteiger partial charge in [-0.2, -0.15) is 0 Å². The van der Waals surface area contributed by atoms with E-state index in [1.165, 1.54) is 4.90 Å². The molecule has 16 heteroatoms. The zero-order valence-electron chi connectivity index (χ0n) is 30.2. The average Bonchev–Trinajstić information content (AvgIpc) is 4.01. The molecule has 4 amide bonds. The predicted molar refractivity (Wildman–Crippen MR) is 193 cm³/mol. The average molecular weight is 753 g/mol. The molecule has 286 valence electrons. The molecule has 0 spiro atoms. The van der Waals surface area contributed by atoms with Crippen LogP contribution in [0.25, 0.3) is 11.0 Å². The van der Waals surface area contributed by atoms with Gasteiger partial charge in [-0.05, 0) is 75.3 Å². The third-order valence-corrected chi connectivity index (χ3v) is 13.2. The molecule has 7 atom stereocenters. The molecule has 4 N–H and O–H groups in total. The van der Waals surface area contributed by atoms with Gasteiger partial charge in [0.1, 0.15) is 35.2 Å². The van der Waals surface area contributed by atoms with Crippen molar-refractivity contribution in [3.8, 4) is 11.6 Å². The first kappa shape index (κ1) is 36.9. The summed E-state index contributed by atoms with van der Waals surface area (Å²) < 4.78 is 39.8. The summed E-state index contributed by atoms with van der Waals surface area (Å²) in [4.78, 5) is 65.8. The van der Waals surface area contributed by atoms with Gasteiger partial charge >= 0.3 is 6.09 Å². The molecular formula is C37H48N6O9S. The van der Waals surface area contributed by atoms with Crippen LogP contribution in [0.4, 0.5) is 4.79 Å². The molecule has 3 saturated carbocycles. The fourth-order valence-corrected chi connectivity index (χ4v) is 9.24. The Morgan fingerprint density at radius 2 is 1.87 bits per heavy atom. The molecule has 4 fully saturated rings. The Bertz CT molecular complexity index is 1930. The number of ether oxygens (including phenoxy) is 2. The molecule has 3 heterocycles. The molecule has 1 aromatic carbocycles. The second-order valence-electron chi connectivity index (χ2n) is 15.4. The number of amides is 4. The number of carbonyl (C=O) groups is 4. The van der Waals surface area contributed by atoms with E-state index in [1.807, 2.05) is 25.1 Å². The maximum Gasteiger partial charge on any atom is 0.405 e. The number of rotatable bonds is 9. The Labute approximate surface area is 308 Å². The van der Waals surface area contributed by atoms with Crippen LogP contribution < -0.4 is 24.8 Å². The van der Waals surface area contributed by atoms with Crippen molar-refractivity contribution >= 4 is 44.9 Å². The number of nitrogens with zero attached hydrogens (tertiary/aromatic N) is 3. The molecule has 1 saturated heterocycles. The highest BCUT2D eigenvalue weighted by Crippen LogP contribution is 2.47. The van der Waals surface area contributed by atoms with Crippen molar-refractivity contribution in [3.05, 3.63) is 36.0 Å². The second-order valence-corrected chi connectivity index (χ2v) is 17.4. The van der Waals surface area contributed by atoms with E-state index in [9.17, 15) is 32.7 Å². The van der Waals surface area contributed by atoms with E-state index in [1.54, 1.807) is 19.2 Å². The van der Waals surface area contributed by atoms with E-state index >= 15 is 0 Å². The number of fused-ring (bicyclic) bond motifs is 3. The maximum absolute atomic E-state index is 14.6. The molecule has 2 aliphatic heterocycles. The van der Waals surface area contributed by atoms with E-state index in [2.05, 4.69) is 22.3 Å². The number of hydrogen-bond acceptors (Lipinski definition) is 10. The molecular weight excluding hydrogens is 705 g/mol. The monoisotopic (exact) mass is 752 g/mol. The van der Waals surface area contributed by atoms with Gasteiger partial charge in [-0.3, -0.25) is 19.1 Å². The van der Waals surface area contributed by atoms with E-state index in [-0.39, 0.29) is 37.1 Å². The summed E-state index contributed by atoms with van der Waals surface area (Å²) in [7, 11) is -2.35. The molecule has 7 rings (SSSR count). The summed E-state index contributed by atoms with van der Waals surface area (Å²) in [6.45, 7) is 3.91. The smallest absolute Gasteiger partial charge is 0.405 e. The van der Waals surface area contributed by atoms with Gasteiger partial charge in [0.05, 0.1) is 29.9 Å². The third-order valence-electron chi connectivity index (χ3n) is 11.4. The highest BCUT2D eigenvalue weighted by molar-refractivity contribution is 7.91. The number of allylic oxidation sites excluding steroid dienone is 1. The van der Waals surface area contributed by atoms with Crippen molar-refractivity contribution in [2.24, 2.45) is 17.8 Å². The maximum atomic E-state index is 14.6. The van der Waals surface area contributed by atoms with Crippen molar-refractivity contribution < 1.29 is 42.2 Å². The van der Waals surface area contributed by atoms with Gasteiger partial charge in [0.2, 0.25) is 27.7 Å². The molecule has 2 aromatic rings. The number of sulfonamides is 1. The molecule has 0 unspecified atom stereocenters. The van der Waals surface area contributed by atoms with E-state index in [0.717, 1.165) is 19.3 Å². The van der Waals surface area contributed by atoms with Crippen molar-refractivity contribution in [2.75, 3.05) is 13.7 Å². The lowest BCUT2D eigenvalue weighted by Gasteiger charge is -2.33. The molecule has 1 aromatic heterocycles. The van der Waals surface area contributed by atoms with Crippen molar-refractivity contribution in [3.63, 3.8) is 0 Å². The van der Waals surface area contributed by atoms with Gasteiger partial charge in [-0.15, -0.1) is 0 Å². The first-order valence-corrected chi connectivity index (χ1v) is 20.2. The number of hydrogen-bond donors (Lipinski definition) is 4. The Morgan fingerprint density at radius 3 is 2.55 bits per heavy atom. The topological polar surface area (TPSA) is 206 Å². The number of nitrogens with one attached hydrogen (secondary N) is 3. The molecule has 0 bridgehead atoms. The van der Waals surface area contributed by atoms with Gasteiger partial charge < -0.3 is 30.1 Å². The fraction of sp³-hybridized carbons (Fsp3) is 0.622. The molecule has 3 aliphatic carbocycles.